The molecule has 1 atom stereocenters. The van der Waals surface area contributed by atoms with Crippen molar-refractivity contribution in [1.82, 2.24) is 0 Å². The van der Waals surface area contributed by atoms with Gasteiger partial charge in [-0.1, -0.05) is 37.3 Å². The van der Waals surface area contributed by atoms with Crippen LogP contribution in [0.15, 0.2) is 46.3 Å². The van der Waals surface area contributed by atoms with Gasteiger partial charge in [0.15, 0.2) is 6.61 Å². The zero-order chi connectivity index (χ0) is 15.2. The topological polar surface area (TPSA) is 43.4 Å². The van der Waals surface area contributed by atoms with E-state index in [2.05, 4.69) is 15.9 Å². The van der Waals surface area contributed by atoms with Gasteiger partial charge in [-0.3, -0.25) is 9.59 Å². The second-order valence-corrected chi connectivity index (χ2v) is 6.97. The minimum Gasteiger partial charge on any atom is -0.457 e. The molecule has 0 amide bonds. The molecule has 110 valence electrons. The summed E-state index contributed by atoms with van der Waals surface area (Å²) in [5, 5.41) is 0. The Kier molecular flexibility index (Phi) is 5.70. The van der Waals surface area contributed by atoms with Crippen molar-refractivity contribution in [1.29, 1.82) is 0 Å². The number of Topliss-reactive ketones (excluding diaryl/α,β-unsaturated/α-hetero) is 1. The van der Waals surface area contributed by atoms with Crippen molar-refractivity contribution in [2.24, 2.45) is 0 Å². The van der Waals surface area contributed by atoms with Crippen molar-refractivity contribution in [3.8, 4) is 0 Å². The quantitative estimate of drug-likeness (QED) is 0.560. The normalized spacial score (nSPS) is 11.9. The average molecular weight is 367 g/mol. The molecule has 5 heteroatoms. The maximum atomic E-state index is 12.1. The molecule has 0 radical (unpaired) electrons. The monoisotopic (exact) mass is 366 g/mol. The molecule has 1 aromatic heterocycles. The lowest BCUT2D eigenvalue weighted by Crippen LogP contribution is -2.19. The van der Waals surface area contributed by atoms with E-state index in [1.165, 1.54) is 11.3 Å². The molecule has 0 aliphatic rings. The Hall–Kier alpha value is -1.46. The summed E-state index contributed by atoms with van der Waals surface area (Å²) < 4.78 is 6.06. The summed E-state index contributed by atoms with van der Waals surface area (Å²) in [6, 6.07) is 13.0. The van der Waals surface area contributed by atoms with Gasteiger partial charge in [-0.25, -0.2) is 0 Å². The van der Waals surface area contributed by atoms with Crippen LogP contribution in [0.1, 0.15) is 34.5 Å². The van der Waals surface area contributed by atoms with Crippen molar-refractivity contribution < 1.29 is 14.3 Å². The number of halogens is 1. The highest BCUT2D eigenvalue weighted by Gasteiger charge is 2.21. The Morgan fingerprint density at radius 1 is 1.19 bits per heavy atom. The highest BCUT2D eigenvalue weighted by molar-refractivity contribution is 9.11. The van der Waals surface area contributed by atoms with Crippen molar-refractivity contribution in [3.63, 3.8) is 0 Å². The Morgan fingerprint density at radius 2 is 1.90 bits per heavy atom. The van der Waals surface area contributed by atoms with E-state index >= 15 is 0 Å². The lowest BCUT2D eigenvalue weighted by Gasteiger charge is -2.14. The number of benzene rings is 1. The highest BCUT2D eigenvalue weighted by atomic mass is 79.9. The third-order valence-corrected chi connectivity index (χ3v) is 4.75. The van der Waals surface area contributed by atoms with Crippen LogP contribution in [0.4, 0.5) is 0 Å². The first-order valence-corrected chi connectivity index (χ1v) is 8.23. The molecule has 0 fully saturated rings. The minimum absolute atomic E-state index is 0.179. The second-order valence-electron chi connectivity index (χ2n) is 4.51. The molecule has 0 aliphatic heterocycles. The van der Waals surface area contributed by atoms with Crippen LogP contribution in [-0.4, -0.2) is 18.4 Å². The van der Waals surface area contributed by atoms with E-state index in [1.54, 1.807) is 12.1 Å². The molecule has 2 rings (SSSR count). The molecular formula is C16H15BrO3S. The molecule has 1 aromatic carbocycles. The minimum atomic E-state index is -0.354. The maximum Gasteiger partial charge on any atom is 0.313 e. The molecule has 0 spiro atoms. The number of carbonyl (C=O) groups is 2. The number of carbonyl (C=O) groups excluding carboxylic acids is 2. The van der Waals surface area contributed by atoms with Crippen LogP contribution in [0, 0.1) is 0 Å². The number of hydrogen-bond acceptors (Lipinski definition) is 4. The first-order valence-electron chi connectivity index (χ1n) is 6.62. The predicted octanol–water partition coefficient (Wildman–Crippen LogP) is 4.43. The summed E-state index contributed by atoms with van der Waals surface area (Å²) in [5.74, 6) is -0.858. The Morgan fingerprint density at radius 3 is 2.48 bits per heavy atom. The van der Waals surface area contributed by atoms with Crippen LogP contribution in [-0.2, 0) is 9.53 Å². The molecular weight excluding hydrogens is 352 g/mol. The van der Waals surface area contributed by atoms with Crippen LogP contribution in [0.5, 0.6) is 0 Å². The van der Waals surface area contributed by atoms with Crippen molar-refractivity contribution in [2.45, 2.75) is 19.3 Å². The molecule has 0 aliphatic carbocycles. The van der Waals surface area contributed by atoms with Crippen LogP contribution in [0.3, 0.4) is 0 Å². The molecule has 0 saturated heterocycles. The first-order chi connectivity index (χ1) is 10.1. The van der Waals surface area contributed by atoms with E-state index in [0.717, 1.165) is 9.35 Å². The largest absolute Gasteiger partial charge is 0.457 e. The van der Waals surface area contributed by atoms with E-state index in [9.17, 15) is 9.59 Å². The predicted molar refractivity (Wildman–Crippen MR) is 86.8 cm³/mol. The zero-order valence-electron chi connectivity index (χ0n) is 11.5. The molecule has 21 heavy (non-hydrogen) atoms. The number of thiophene rings is 1. The van der Waals surface area contributed by atoms with Crippen LogP contribution < -0.4 is 0 Å². The van der Waals surface area contributed by atoms with Crippen molar-refractivity contribution in [2.75, 3.05) is 6.61 Å². The zero-order valence-corrected chi connectivity index (χ0v) is 13.9. The SMILES string of the molecule is CCC(C(=O)OCC(=O)c1ccc(Br)s1)c1ccccc1. The molecule has 0 saturated carbocycles. The molecule has 1 heterocycles. The van der Waals surface area contributed by atoms with Gasteiger partial charge in [0.2, 0.25) is 5.78 Å². The van der Waals surface area contributed by atoms with Crippen LogP contribution in [0.25, 0.3) is 0 Å². The first kappa shape index (κ1) is 15.9. The Labute approximate surface area is 136 Å². The summed E-state index contributed by atoms with van der Waals surface area (Å²) in [7, 11) is 0. The molecule has 2 aromatic rings. The fraction of sp³-hybridized carbons (Fsp3) is 0.250. The summed E-state index contributed by atoms with van der Waals surface area (Å²) in [4.78, 5) is 24.6. The van der Waals surface area contributed by atoms with Gasteiger partial charge in [0.05, 0.1) is 14.6 Å². The molecule has 0 N–H and O–H groups in total. The number of hydrogen-bond donors (Lipinski definition) is 0. The van der Waals surface area contributed by atoms with E-state index in [4.69, 9.17) is 4.74 Å². The maximum absolute atomic E-state index is 12.1. The van der Waals surface area contributed by atoms with Gasteiger partial charge in [0.25, 0.3) is 0 Å². The summed E-state index contributed by atoms with van der Waals surface area (Å²) >= 11 is 4.64. The second kappa shape index (κ2) is 7.52. The van der Waals surface area contributed by atoms with Gasteiger partial charge in [-0.2, -0.15) is 0 Å². The lowest BCUT2D eigenvalue weighted by molar-refractivity contribution is -0.144. The smallest absolute Gasteiger partial charge is 0.313 e. The molecule has 3 nitrogen and oxygen atoms in total. The number of rotatable bonds is 6. The van der Waals surface area contributed by atoms with Gasteiger partial charge in [0.1, 0.15) is 0 Å². The number of ether oxygens (including phenoxy) is 1. The van der Waals surface area contributed by atoms with Crippen LogP contribution in [0.2, 0.25) is 0 Å². The number of ketones is 1. The standard InChI is InChI=1S/C16H15BrO3S/c1-2-12(11-6-4-3-5-7-11)16(19)20-10-13(18)14-8-9-15(17)21-14/h3-9,12H,2,10H2,1H3. The van der Waals surface area contributed by atoms with Gasteiger partial charge < -0.3 is 4.74 Å². The average Bonchev–Trinajstić information content (AvgIpc) is 2.93. The molecule has 1 unspecified atom stereocenters. The third-order valence-electron chi connectivity index (χ3n) is 3.09. The van der Waals surface area contributed by atoms with Gasteiger partial charge in [-0.05, 0) is 40.0 Å². The lowest BCUT2D eigenvalue weighted by atomic mass is 9.97. The van der Waals surface area contributed by atoms with Crippen molar-refractivity contribution >= 4 is 39.0 Å². The summed E-state index contributed by atoms with van der Waals surface area (Å²) in [5.41, 5.74) is 0.913. The highest BCUT2D eigenvalue weighted by Crippen LogP contribution is 2.23. The van der Waals surface area contributed by atoms with E-state index in [1.807, 2.05) is 37.3 Å². The van der Waals surface area contributed by atoms with Crippen LogP contribution >= 0.6 is 27.3 Å². The van der Waals surface area contributed by atoms with Gasteiger partial charge >= 0.3 is 5.97 Å². The molecule has 0 bridgehead atoms. The van der Waals surface area contributed by atoms with Gasteiger partial charge in [0, 0.05) is 0 Å². The van der Waals surface area contributed by atoms with E-state index < -0.39 is 0 Å². The fourth-order valence-electron chi connectivity index (χ4n) is 2.00. The fourth-order valence-corrected chi connectivity index (χ4v) is 3.31. The summed E-state index contributed by atoms with van der Waals surface area (Å²) in [6.07, 6.45) is 0.640. The number of esters is 1. The third kappa shape index (κ3) is 4.25. The Bertz CT molecular complexity index is 621. The van der Waals surface area contributed by atoms with Gasteiger partial charge in [-0.15, -0.1) is 11.3 Å². The Balaban J connectivity index is 1.96. The summed E-state index contributed by atoms with van der Waals surface area (Å²) in [6.45, 7) is 1.71. The van der Waals surface area contributed by atoms with E-state index in [0.29, 0.717) is 11.3 Å². The van der Waals surface area contributed by atoms with Crippen molar-refractivity contribution in [3.05, 3.63) is 56.7 Å². The van der Waals surface area contributed by atoms with E-state index in [-0.39, 0.29) is 24.3 Å².